The number of rotatable bonds is 7. The topological polar surface area (TPSA) is 46.2 Å². The first kappa shape index (κ1) is 14.6. The second-order valence-electron chi connectivity index (χ2n) is 4.50. The number of hydrogen-bond donors (Lipinski definition) is 2. The molecule has 3 heteroatoms. The van der Waals surface area contributed by atoms with E-state index in [2.05, 4.69) is 18.4 Å². The Kier molecular flexibility index (Phi) is 6.03. The molecule has 0 saturated carbocycles. The fraction of sp³-hybridized carbons (Fsp3) is 0.571. The lowest BCUT2D eigenvalue weighted by Gasteiger charge is -2.36. The van der Waals surface area contributed by atoms with E-state index in [1.807, 2.05) is 36.9 Å². The van der Waals surface area contributed by atoms with Crippen LogP contribution in [-0.4, -0.2) is 29.8 Å². The highest BCUT2D eigenvalue weighted by Crippen LogP contribution is 2.32. The second kappa shape index (κ2) is 7.04. The van der Waals surface area contributed by atoms with Crippen LogP contribution in [0.1, 0.15) is 25.3 Å². The summed E-state index contributed by atoms with van der Waals surface area (Å²) in [6, 6.07) is 10.2. The first-order valence-electron chi connectivity index (χ1n) is 6.10. The fourth-order valence-corrected chi connectivity index (χ4v) is 2.72. The molecule has 3 N–H and O–H groups in total. The van der Waals surface area contributed by atoms with E-state index in [1.54, 1.807) is 0 Å². The molecule has 2 unspecified atom stereocenters. The summed E-state index contributed by atoms with van der Waals surface area (Å²) in [5.41, 5.74) is 6.81. The Labute approximate surface area is 109 Å². The van der Waals surface area contributed by atoms with Gasteiger partial charge in [0.1, 0.15) is 0 Å². The number of benzene rings is 1. The Morgan fingerprint density at radius 3 is 2.47 bits per heavy atom. The van der Waals surface area contributed by atoms with Crippen LogP contribution in [0.15, 0.2) is 30.3 Å². The maximum Gasteiger partial charge on any atom is 0.0620 e. The van der Waals surface area contributed by atoms with Crippen molar-refractivity contribution in [2.24, 2.45) is 5.73 Å². The molecule has 96 valence electrons. The van der Waals surface area contributed by atoms with E-state index in [9.17, 15) is 5.11 Å². The minimum atomic E-state index is -0.420. The van der Waals surface area contributed by atoms with Gasteiger partial charge in [0.05, 0.1) is 6.10 Å². The predicted octanol–water partition coefficient (Wildman–Crippen LogP) is 2.41. The quantitative estimate of drug-likeness (QED) is 0.734. The summed E-state index contributed by atoms with van der Waals surface area (Å²) in [5, 5.41) is 10.1. The number of aliphatic hydroxyl groups excluding tert-OH is 1. The van der Waals surface area contributed by atoms with Gasteiger partial charge < -0.3 is 10.8 Å². The highest BCUT2D eigenvalue weighted by Gasteiger charge is 2.35. The van der Waals surface area contributed by atoms with Gasteiger partial charge in [0.25, 0.3) is 0 Å². The van der Waals surface area contributed by atoms with Crippen molar-refractivity contribution in [3.8, 4) is 0 Å². The van der Waals surface area contributed by atoms with Crippen LogP contribution in [0.5, 0.6) is 0 Å². The minimum absolute atomic E-state index is 0.295. The van der Waals surface area contributed by atoms with Gasteiger partial charge in [-0.3, -0.25) is 0 Å². The molecule has 1 aromatic carbocycles. The largest absolute Gasteiger partial charge is 0.392 e. The molecule has 2 atom stereocenters. The van der Waals surface area contributed by atoms with Crippen molar-refractivity contribution in [3.63, 3.8) is 0 Å². The summed E-state index contributed by atoms with van der Waals surface area (Å²) in [4.78, 5) is 0. The first-order chi connectivity index (χ1) is 8.17. The molecule has 0 aliphatic rings. The van der Waals surface area contributed by atoms with Crippen molar-refractivity contribution >= 4 is 11.8 Å². The molecule has 2 nitrogen and oxygen atoms in total. The van der Waals surface area contributed by atoms with E-state index < -0.39 is 6.10 Å². The molecule has 0 saturated heterocycles. The van der Waals surface area contributed by atoms with Crippen molar-refractivity contribution in [2.75, 3.05) is 18.6 Å². The average Bonchev–Trinajstić information content (AvgIpc) is 2.36. The zero-order chi connectivity index (χ0) is 12.7. The van der Waals surface area contributed by atoms with Gasteiger partial charge in [0.2, 0.25) is 0 Å². The van der Waals surface area contributed by atoms with Gasteiger partial charge in [0, 0.05) is 12.0 Å². The van der Waals surface area contributed by atoms with E-state index in [4.69, 9.17) is 5.73 Å². The third kappa shape index (κ3) is 3.47. The van der Waals surface area contributed by atoms with Gasteiger partial charge >= 0.3 is 0 Å². The summed E-state index contributed by atoms with van der Waals surface area (Å²) in [7, 11) is 0. The van der Waals surface area contributed by atoms with Crippen molar-refractivity contribution in [3.05, 3.63) is 35.9 Å². The predicted molar refractivity (Wildman–Crippen MR) is 76.5 cm³/mol. The Bertz CT molecular complexity index is 315. The number of thioether (sulfide) groups is 1. The third-order valence-corrected chi connectivity index (χ3v) is 4.18. The smallest absolute Gasteiger partial charge is 0.0620 e. The molecule has 0 aliphatic heterocycles. The molecule has 0 heterocycles. The summed E-state index contributed by atoms with van der Waals surface area (Å²) < 4.78 is 0. The molecule has 0 fully saturated rings. The number of hydrogen-bond acceptors (Lipinski definition) is 3. The van der Waals surface area contributed by atoms with Crippen LogP contribution in [0, 0.1) is 0 Å². The van der Waals surface area contributed by atoms with Crippen molar-refractivity contribution < 1.29 is 5.11 Å². The summed E-state index contributed by atoms with van der Waals surface area (Å²) in [6.07, 6.45) is 3.70. The van der Waals surface area contributed by atoms with E-state index >= 15 is 0 Å². The zero-order valence-electron chi connectivity index (χ0n) is 10.7. The third-order valence-electron chi connectivity index (χ3n) is 3.48. The fourth-order valence-electron chi connectivity index (χ4n) is 2.29. The normalized spacial score (nSPS) is 16.5. The Balaban J connectivity index is 2.92. The van der Waals surface area contributed by atoms with Gasteiger partial charge in [-0.2, -0.15) is 11.8 Å². The van der Waals surface area contributed by atoms with Gasteiger partial charge in [-0.1, -0.05) is 30.3 Å². The molecule has 0 bridgehead atoms. The summed E-state index contributed by atoms with van der Waals surface area (Å²) in [6.45, 7) is 2.34. The summed E-state index contributed by atoms with van der Waals surface area (Å²) in [5.74, 6) is 1.11. The molecule has 0 aliphatic carbocycles. The molecule has 0 radical (unpaired) electrons. The molecular weight excluding hydrogens is 230 g/mol. The minimum Gasteiger partial charge on any atom is -0.392 e. The average molecular weight is 253 g/mol. The Hall–Kier alpha value is -0.510. The van der Waals surface area contributed by atoms with Crippen molar-refractivity contribution in [1.82, 2.24) is 0 Å². The number of nitrogens with two attached hydrogens (primary N) is 1. The molecular formula is C14H23NOS. The maximum atomic E-state index is 10.1. The van der Waals surface area contributed by atoms with Crippen LogP contribution in [-0.2, 0) is 5.41 Å². The molecule has 1 aromatic rings. The molecule has 0 amide bonds. The monoisotopic (exact) mass is 253 g/mol. The lowest BCUT2D eigenvalue weighted by Crippen LogP contribution is -2.44. The Morgan fingerprint density at radius 2 is 2.00 bits per heavy atom. The van der Waals surface area contributed by atoms with E-state index in [0.717, 1.165) is 24.2 Å². The van der Waals surface area contributed by atoms with Gasteiger partial charge in [-0.05, 0) is 37.3 Å². The van der Waals surface area contributed by atoms with Crippen LogP contribution in [0.3, 0.4) is 0 Å². The lowest BCUT2D eigenvalue weighted by molar-refractivity contribution is 0.0939. The highest BCUT2D eigenvalue weighted by atomic mass is 32.2. The van der Waals surface area contributed by atoms with Gasteiger partial charge in [-0.25, -0.2) is 0 Å². The van der Waals surface area contributed by atoms with Crippen LogP contribution in [0.4, 0.5) is 0 Å². The Morgan fingerprint density at radius 1 is 1.35 bits per heavy atom. The van der Waals surface area contributed by atoms with Crippen molar-refractivity contribution in [1.29, 1.82) is 0 Å². The standard InChI is InChI=1S/C14H23NOS/c1-12(16)14(11-15,9-6-10-17-2)13-7-4-3-5-8-13/h3-5,7-8,12,16H,6,9-11,15H2,1-2H3. The van der Waals surface area contributed by atoms with Crippen LogP contribution in [0.25, 0.3) is 0 Å². The first-order valence-corrected chi connectivity index (χ1v) is 7.49. The summed E-state index contributed by atoms with van der Waals surface area (Å²) >= 11 is 1.84. The second-order valence-corrected chi connectivity index (χ2v) is 5.48. The zero-order valence-corrected chi connectivity index (χ0v) is 11.5. The molecule has 0 spiro atoms. The van der Waals surface area contributed by atoms with E-state index in [1.165, 1.54) is 0 Å². The van der Waals surface area contributed by atoms with Crippen LogP contribution in [0.2, 0.25) is 0 Å². The van der Waals surface area contributed by atoms with Crippen LogP contribution < -0.4 is 5.73 Å². The SMILES string of the molecule is CSCCCC(CN)(c1ccccc1)C(C)O. The molecule has 0 aromatic heterocycles. The van der Waals surface area contributed by atoms with Gasteiger partial charge in [0.15, 0.2) is 0 Å². The highest BCUT2D eigenvalue weighted by molar-refractivity contribution is 7.98. The molecule has 1 rings (SSSR count). The van der Waals surface area contributed by atoms with E-state index in [-0.39, 0.29) is 5.41 Å². The van der Waals surface area contributed by atoms with Crippen molar-refractivity contribution in [2.45, 2.75) is 31.3 Å². The van der Waals surface area contributed by atoms with Gasteiger partial charge in [-0.15, -0.1) is 0 Å². The lowest BCUT2D eigenvalue weighted by atomic mass is 9.73. The number of aliphatic hydroxyl groups is 1. The van der Waals surface area contributed by atoms with Crippen LogP contribution >= 0.6 is 11.8 Å². The van der Waals surface area contributed by atoms with E-state index in [0.29, 0.717) is 6.54 Å². The maximum absolute atomic E-state index is 10.1. The molecule has 17 heavy (non-hydrogen) atoms.